The number of rotatable bonds is 3. The number of nitrogens with two attached hydrogens (primary N) is 1. The Morgan fingerprint density at radius 2 is 1.56 bits per heavy atom. The molecule has 0 aliphatic rings. The second-order valence-corrected chi connectivity index (χ2v) is 2.79. The van der Waals surface area contributed by atoms with E-state index in [9.17, 15) is 0 Å². The molecule has 2 N–H and O–H groups in total. The van der Waals surface area contributed by atoms with Crippen LogP contribution < -0.4 is 5.73 Å². The summed E-state index contributed by atoms with van der Waals surface area (Å²) < 4.78 is 5.29. The van der Waals surface area contributed by atoms with Gasteiger partial charge in [0, 0.05) is 0 Å². The van der Waals surface area contributed by atoms with Gasteiger partial charge >= 0.3 is 0 Å². The van der Waals surface area contributed by atoms with Crippen LogP contribution in [0.4, 0.5) is 0 Å². The molecule has 2 nitrogen and oxygen atoms in total. The molecule has 0 aliphatic heterocycles. The SMILES string of the molecule is CC(N)OC(C)C(C)C. The molecule has 2 unspecified atom stereocenters. The Bertz CT molecular complexity index is 71.3. The van der Waals surface area contributed by atoms with Crippen LogP contribution in [0.5, 0.6) is 0 Å². The van der Waals surface area contributed by atoms with E-state index in [0.717, 1.165) is 0 Å². The van der Waals surface area contributed by atoms with Gasteiger partial charge in [-0.2, -0.15) is 0 Å². The molecular formula is C7H17NO. The van der Waals surface area contributed by atoms with Gasteiger partial charge in [0.25, 0.3) is 0 Å². The summed E-state index contributed by atoms with van der Waals surface area (Å²) in [5.74, 6) is 0.552. The van der Waals surface area contributed by atoms with E-state index in [1.165, 1.54) is 0 Å². The minimum absolute atomic E-state index is 0.137. The Morgan fingerprint density at radius 3 is 1.67 bits per heavy atom. The first-order chi connectivity index (χ1) is 4.04. The molecule has 0 aromatic carbocycles. The van der Waals surface area contributed by atoms with E-state index in [1.54, 1.807) is 0 Å². The fourth-order valence-corrected chi connectivity index (χ4v) is 0.496. The summed E-state index contributed by atoms with van der Waals surface area (Å²) in [7, 11) is 0. The van der Waals surface area contributed by atoms with Gasteiger partial charge in [-0.1, -0.05) is 13.8 Å². The fourth-order valence-electron chi connectivity index (χ4n) is 0.496. The molecule has 2 heteroatoms. The van der Waals surface area contributed by atoms with Crippen LogP contribution >= 0.6 is 0 Å². The number of hydrogen-bond acceptors (Lipinski definition) is 2. The molecule has 56 valence electrons. The zero-order valence-corrected chi connectivity index (χ0v) is 6.72. The Balaban J connectivity index is 3.38. The first-order valence-corrected chi connectivity index (χ1v) is 3.45. The van der Waals surface area contributed by atoms with E-state index in [4.69, 9.17) is 10.5 Å². The van der Waals surface area contributed by atoms with E-state index < -0.39 is 0 Å². The van der Waals surface area contributed by atoms with Gasteiger partial charge in [0.1, 0.15) is 6.23 Å². The molecule has 0 aromatic heterocycles. The molecule has 0 bridgehead atoms. The molecule has 0 aromatic rings. The first kappa shape index (κ1) is 8.92. The van der Waals surface area contributed by atoms with Crippen molar-refractivity contribution in [1.82, 2.24) is 0 Å². The lowest BCUT2D eigenvalue weighted by atomic mass is 10.1. The second kappa shape index (κ2) is 3.85. The maximum absolute atomic E-state index is 5.41. The summed E-state index contributed by atoms with van der Waals surface area (Å²) in [4.78, 5) is 0. The van der Waals surface area contributed by atoms with E-state index in [-0.39, 0.29) is 12.3 Å². The monoisotopic (exact) mass is 131 g/mol. The van der Waals surface area contributed by atoms with E-state index in [0.29, 0.717) is 5.92 Å². The van der Waals surface area contributed by atoms with E-state index >= 15 is 0 Å². The highest BCUT2D eigenvalue weighted by Gasteiger charge is 2.07. The molecule has 0 rings (SSSR count). The van der Waals surface area contributed by atoms with Crippen molar-refractivity contribution < 1.29 is 4.74 Å². The van der Waals surface area contributed by atoms with Gasteiger partial charge in [0.15, 0.2) is 0 Å². The third-order valence-electron chi connectivity index (χ3n) is 1.37. The molecule has 0 fully saturated rings. The van der Waals surface area contributed by atoms with Gasteiger partial charge in [-0.3, -0.25) is 0 Å². The van der Waals surface area contributed by atoms with Crippen LogP contribution in [-0.2, 0) is 4.74 Å². The predicted molar refractivity (Wildman–Crippen MR) is 39.0 cm³/mol. The van der Waals surface area contributed by atoms with Crippen LogP contribution in [0.15, 0.2) is 0 Å². The summed E-state index contributed by atoms with van der Waals surface area (Å²) >= 11 is 0. The molecule has 0 radical (unpaired) electrons. The average molecular weight is 131 g/mol. The fraction of sp³-hybridized carbons (Fsp3) is 1.00. The van der Waals surface area contributed by atoms with Crippen molar-refractivity contribution in [3.8, 4) is 0 Å². The maximum atomic E-state index is 5.41. The molecule has 0 saturated carbocycles. The maximum Gasteiger partial charge on any atom is 0.103 e. The Kier molecular flexibility index (Phi) is 3.82. The van der Waals surface area contributed by atoms with Crippen molar-refractivity contribution in [3.05, 3.63) is 0 Å². The van der Waals surface area contributed by atoms with E-state index in [2.05, 4.69) is 13.8 Å². The van der Waals surface area contributed by atoms with Gasteiger partial charge in [-0.05, 0) is 19.8 Å². The minimum Gasteiger partial charge on any atom is -0.361 e. The highest BCUT2D eigenvalue weighted by atomic mass is 16.5. The quantitative estimate of drug-likeness (QED) is 0.587. The van der Waals surface area contributed by atoms with Crippen molar-refractivity contribution >= 4 is 0 Å². The third kappa shape index (κ3) is 4.43. The molecule has 0 saturated heterocycles. The smallest absolute Gasteiger partial charge is 0.103 e. The summed E-state index contributed by atoms with van der Waals surface area (Å²) in [5, 5.41) is 0. The first-order valence-electron chi connectivity index (χ1n) is 3.45. The normalized spacial score (nSPS) is 18.0. The lowest BCUT2D eigenvalue weighted by Crippen LogP contribution is -2.27. The molecular weight excluding hydrogens is 114 g/mol. The van der Waals surface area contributed by atoms with Crippen molar-refractivity contribution in [2.75, 3.05) is 0 Å². The topological polar surface area (TPSA) is 35.2 Å². The van der Waals surface area contributed by atoms with Gasteiger partial charge in [0.2, 0.25) is 0 Å². The summed E-state index contributed by atoms with van der Waals surface area (Å²) in [6, 6.07) is 0. The van der Waals surface area contributed by atoms with E-state index in [1.807, 2.05) is 13.8 Å². The highest BCUT2D eigenvalue weighted by Crippen LogP contribution is 2.05. The van der Waals surface area contributed by atoms with Crippen LogP contribution in [-0.4, -0.2) is 12.3 Å². The lowest BCUT2D eigenvalue weighted by Gasteiger charge is -2.18. The number of ether oxygens (including phenoxy) is 1. The zero-order chi connectivity index (χ0) is 7.44. The van der Waals surface area contributed by atoms with Crippen LogP contribution in [0.3, 0.4) is 0 Å². The molecule has 0 amide bonds. The Labute approximate surface area is 57.4 Å². The summed E-state index contributed by atoms with van der Waals surface area (Å²) in [6.45, 7) is 8.12. The summed E-state index contributed by atoms with van der Waals surface area (Å²) in [6.07, 6.45) is 0.132. The van der Waals surface area contributed by atoms with Crippen molar-refractivity contribution in [1.29, 1.82) is 0 Å². The molecule has 0 spiro atoms. The molecule has 0 heterocycles. The molecule has 9 heavy (non-hydrogen) atoms. The molecule has 0 aliphatic carbocycles. The second-order valence-electron chi connectivity index (χ2n) is 2.79. The van der Waals surface area contributed by atoms with Crippen molar-refractivity contribution in [2.45, 2.75) is 40.0 Å². The third-order valence-corrected chi connectivity index (χ3v) is 1.37. The van der Waals surface area contributed by atoms with Crippen LogP contribution in [0.25, 0.3) is 0 Å². The Hall–Kier alpha value is -0.0800. The average Bonchev–Trinajstić information content (AvgIpc) is 1.63. The largest absolute Gasteiger partial charge is 0.361 e. The van der Waals surface area contributed by atoms with Gasteiger partial charge in [-0.25, -0.2) is 0 Å². The van der Waals surface area contributed by atoms with Crippen molar-refractivity contribution in [2.24, 2.45) is 11.7 Å². The van der Waals surface area contributed by atoms with Gasteiger partial charge < -0.3 is 10.5 Å². The van der Waals surface area contributed by atoms with Crippen LogP contribution in [0.2, 0.25) is 0 Å². The van der Waals surface area contributed by atoms with Crippen molar-refractivity contribution in [3.63, 3.8) is 0 Å². The highest BCUT2D eigenvalue weighted by molar-refractivity contribution is 4.54. The zero-order valence-electron chi connectivity index (χ0n) is 6.72. The van der Waals surface area contributed by atoms with Crippen LogP contribution in [0.1, 0.15) is 27.7 Å². The van der Waals surface area contributed by atoms with Gasteiger partial charge in [-0.15, -0.1) is 0 Å². The number of hydrogen-bond donors (Lipinski definition) is 1. The minimum atomic E-state index is -0.137. The predicted octanol–water partition coefficient (Wildman–Crippen LogP) is 1.35. The molecule has 2 atom stereocenters. The Morgan fingerprint density at radius 1 is 1.11 bits per heavy atom. The lowest BCUT2D eigenvalue weighted by molar-refractivity contribution is -0.0124. The summed E-state index contributed by atoms with van der Waals surface area (Å²) in [5.41, 5.74) is 5.41. The van der Waals surface area contributed by atoms with Crippen LogP contribution in [0, 0.1) is 5.92 Å². The standard InChI is InChI=1S/C7H17NO/c1-5(2)6(3)9-7(4)8/h5-7H,8H2,1-4H3. The van der Waals surface area contributed by atoms with Gasteiger partial charge in [0.05, 0.1) is 6.10 Å².